The molecule has 0 bridgehead atoms. The van der Waals surface area contributed by atoms with E-state index in [-0.39, 0.29) is 4.90 Å². The molecule has 0 unspecified atom stereocenters. The molecule has 10 heteroatoms. The van der Waals surface area contributed by atoms with Gasteiger partial charge in [-0.3, -0.25) is 4.79 Å². The highest BCUT2D eigenvalue weighted by Crippen LogP contribution is 2.25. The minimum Gasteiger partial charge on any atom is -0.497 e. The summed E-state index contributed by atoms with van der Waals surface area (Å²) in [6.45, 7) is 3.83. The number of rotatable bonds is 11. The van der Waals surface area contributed by atoms with E-state index in [1.54, 1.807) is 44.2 Å². The smallest absolute Gasteiger partial charge is 0.331 e. The Kier molecular flexibility index (Phi) is 9.43. The number of ether oxygens (including phenoxy) is 3. The summed E-state index contributed by atoms with van der Waals surface area (Å²) in [5.41, 5.74) is 1.04. The molecule has 0 fully saturated rings. The summed E-state index contributed by atoms with van der Waals surface area (Å²) < 4.78 is 41.6. The van der Waals surface area contributed by atoms with Crippen LogP contribution in [0, 0.1) is 0 Å². The van der Waals surface area contributed by atoms with Gasteiger partial charge in [-0.1, -0.05) is 26.0 Å². The number of anilines is 1. The van der Waals surface area contributed by atoms with Crippen LogP contribution in [0.3, 0.4) is 0 Å². The minimum atomic E-state index is -3.54. The van der Waals surface area contributed by atoms with Gasteiger partial charge < -0.3 is 19.5 Å². The molecule has 1 N–H and O–H groups in total. The van der Waals surface area contributed by atoms with E-state index >= 15 is 0 Å². The van der Waals surface area contributed by atoms with E-state index in [1.807, 2.05) is 0 Å². The number of methoxy groups -OCH3 is 2. The van der Waals surface area contributed by atoms with Gasteiger partial charge in [0, 0.05) is 43.1 Å². The average molecular weight is 477 g/mol. The van der Waals surface area contributed by atoms with Gasteiger partial charge in [-0.15, -0.1) is 0 Å². The summed E-state index contributed by atoms with van der Waals surface area (Å²) in [6, 6.07) is 11.0. The van der Waals surface area contributed by atoms with Crippen molar-refractivity contribution in [2.45, 2.75) is 18.7 Å². The van der Waals surface area contributed by atoms with E-state index < -0.39 is 28.5 Å². The Morgan fingerprint density at radius 3 is 2.06 bits per heavy atom. The molecule has 0 saturated carbocycles. The predicted molar refractivity (Wildman–Crippen MR) is 125 cm³/mol. The van der Waals surface area contributed by atoms with Crippen LogP contribution in [0.5, 0.6) is 11.5 Å². The zero-order valence-corrected chi connectivity index (χ0v) is 19.8. The Morgan fingerprint density at radius 2 is 1.55 bits per heavy atom. The fourth-order valence-electron chi connectivity index (χ4n) is 2.89. The topological polar surface area (TPSA) is 111 Å². The van der Waals surface area contributed by atoms with Gasteiger partial charge in [0.15, 0.2) is 6.61 Å². The van der Waals surface area contributed by atoms with Crippen molar-refractivity contribution in [1.82, 2.24) is 4.31 Å². The third-order valence-electron chi connectivity index (χ3n) is 4.62. The fraction of sp³-hybridized carbons (Fsp3) is 0.304. The van der Waals surface area contributed by atoms with Crippen molar-refractivity contribution in [3.8, 4) is 11.5 Å². The number of nitrogens with zero attached hydrogens (tertiary/aromatic N) is 1. The molecule has 0 heterocycles. The van der Waals surface area contributed by atoms with Crippen LogP contribution in [-0.4, -0.2) is 58.5 Å². The molecule has 2 aromatic rings. The summed E-state index contributed by atoms with van der Waals surface area (Å²) in [7, 11) is -0.561. The molecule has 0 aromatic heterocycles. The first-order valence-electron chi connectivity index (χ1n) is 10.2. The highest BCUT2D eigenvalue weighted by atomic mass is 32.2. The molecular weight excluding hydrogens is 448 g/mol. The zero-order valence-electron chi connectivity index (χ0n) is 19.0. The van der Waals surface area contributed by atoms with Crippen LogP contribution >= 0.6 is 0 Å². The Labute approximate surface area is 194 Å². The lowest BCUT2D eigenvalue weighted by atomic mass is 10.2. The number of hydrogen-bond donors (Lipinski definition) is 1. The van der Waals surface area contributed by atoms with Crippen LogP contribution in [0.25, 0.3) is 6.08 Å². The molecule has 178 valence electrons. The maximum atomic E-state index is 12.5. The number of amides is 1. The Hall–Kier alpha value is -3.37. The lowest BCUT2D eigenvalue weighted by Gasteiger charge is -2.18. The molecular formula is C23H28N2O7S. The van der Waals surface area contributed by atoms with Crippen molar-refractivity contribution in [2.75, 3.05) is 39.2 Å². The van der Waals surface area contributed by atoms with Crippen LogP contribution in [-0.2, 0) is 24.3 Å². The summed E-state index contributed by atoms with van der Waals surface area (Å²) in [6.07, 6.45) is 2.64. The van der Waals surface area contributed by atoms with E-state index in [9.17, 15) is 18.0 Å². The number of nitrogens with one attached hydrogen (secondary N) is 1. The maximum Gasteiger partial charge on any atom is 0.331 e. The second-order valence-corrected chi connectivity index (χ2v) is 8.69. The Balaban J connectivity index is 1.92. The minimum absolute atomic E-state index is 0.178. The van der Waals surface area contributed by atoms with Gasteiger partial charge in [0.05, 0.1) is 19.1 Å². The standard InChI is InChI=1S/C23H28N2O7S/c1-5-25(6-2)33(28,29)21-10-7-17(8-11-21)9-12-23(27)32-16-22(26)24-18-13-19(30-3)15-20(14-18)31-4/h7-15H,5-6,16H2,1-4H3,(H,24,26)/b12-9+. The van der Waals surface area contributed by atoms with Crippen LogP contribution < -0.4 is 14.8 Å². The summed E-state index contributed by atoms with van der Waals surface area (Å²) in [5, 5.41) is 2.60. The van der Waals surface area contributed by atoms with Crippen molar-refractivity contribution in [3.05, 3.63) is 54.1 Å². The number of benzene rings is 2. The van der Waals surface area contributed by atoms with Gasteiger partial charge in [-0.2, -0.15) is 4.31 Å². The Morgan fingerprint density at radius 1 is 0.970 bits per heavy atom. The molecule has 0 aliphatic rings. The number of sulfonamides is 1. The molecule has 0 spiro atoms. The Bertz CT molecular complexity index is 1070. The number of hydrogen-bond acceptors (Lipinski definition) is 7. The fourth-order valence-corrected chi connectivity index (χ4v) is 4.35. The van der Waals surface area contributed by atoms with E-state index in [0.29, 0.717) is 35.8 Å². The molecule has 0 aliphatic carbocycles. The van der Waals surface area contributed by atoms with Crippen LogP contribution in [0.2, 0.25) is 0 Å². The van der Waals surface area contributed by atoms with Gasteiger partial charge in [0.1, 0.15) is 11.5 Å². The lowest BCUT2D eigenvalue weighted by Crippen LogP contribution is -2.30. The maximum absolute atomic E-state index is 12.5. The largest absolute Gasteiger partial charge is 0.497 e. The average Bonchev–Trinajstić information content (AvgIpc) is 2.81. The molecule has 0 radical (unpaired) electrons. The lowest BCUT2D eigenvalue weighted by molar-refractivity contribution is -0.142. The number of carbonyl (C=O) groups excluding carboxylic acids is 2. The van der Waals surface area contributed by atoms with Gasteiger partial charge >= 0.3 is 5.97 Å². The van der Waals surface area contributed by atoms with E-state index in [1.165, 1.54) is 36.7 Å². The monoisotopic (exact) mass is 476 g/mol. The third-order valence-corrected chi connectivity index (χ3v) is 6.68. The van der Waals surface area contributed by atoms with Crippen molar-refractivity contribution in [3.63, 3.8) is 0 Å². The molecule has 0 saturated heterocycles. The first-order chi connectivity index (χ1) is 15.7. The van der Waals surface area contributed by atoms with Crippen LogP contribution in [0.15, 0.2) is 53.4 Å². The highest BCUT2D eigenvalue weighted by molar-refractivity contribution is 7.89. The van der Waals surface area contributed by atoms with Crippen molar-refractivity contribution >= 4 is 33.7 Å². The quantitative estimate of drug-likeness (QED) is 0.392. The van der Waals surface area contributed by atoms with Crippen molar-refractivity contribution in [2.24, 2.45) is 0 Å². The van der Waals surface area contributed by atoms with Crippen LogP contribution in [0.4, 0.5) is 5.69 Å². The van der Waals surface area contributed by atoms with E-state index in [4.69, 9.17) is 14.2 Å². The first-order valence-corrected chi connectivity index (χ1v) is 11.7. The summed E-state index contributed by atoms with van der Waals surface area (Å²) >= 11 is 0. The molecule has 33 heavy (non-hydrogen) atoms. The van der Waals surface area contributed by atoms with Gasteiger partial charge in [0.25, 0.3) is 5.91 Å². The first kappa shape index (κ1) is 25.9. The highest BCUT2D eigenvalue weighted by Gasteiger charge is 2.21. The molecule has 9 nitrogen and oxygen atoms in total. The van der Waals surface area contributed by atoms with E-state index in [0.717, 1.165) is 6.08 Å². The number of esters is 1. The predicted octanol–water partition coefficient (Wildman–Crippen LogP) is 2.93. The van der Waals surface area contributed by atoms with Gasteiger partial charge in [0.2, 0.25) is 10.0 Å². The van der Waals surface area contributed by atoms with E-state index in [2.05, 4.69) is 5.32 Å². The third kappa shape index (κ3) is 7.33. The zero-order chi connectivity index (χ0) is 24.4. The number of carbonyl (C=O) groups is 2. The van der Waals surface area contributed by atoms with Crippen molar-refractivity contribution in [1.29, 1.82) is 0 Å². The van der Waals surface area contributed by atoms with Gasteiger partial charge in [-0.05, 0) is 23.8 Å². The SMILES string of the molecule is CCN(CC)S(=O)(=O)c1ccc(/C=C/C(=O)OCC(=O)Nc2cc(OC)cc(OC)c2)cc1. The second-order valence-electron chi connectivity index (χ2n) is 6.75. The molecule has 0 aliphatic heterocycles. The summed E-state index contributed by atoms with van der Waals surface area (Å²) in [5.74, 6) is -0.243. The van der Waals surface area contributed by atoms with Crippen LogP contribution in [0.1, 0.15) is 19.4 Å². The van der Waals surface area contributed by atoms with Gasteiger partial charge in [-0.25, -0.2) is 13.2 Å². The molecule has 2 aromatic carbocycles. The molecule has 0 atom stereocenters. The van der Waals surface area contributed by atoms with Crippen molar-refractivity contribution < 1.29 is 32.2 Å². The second kappa shape index (κ2) is 12.0. The summed E-state index contributed by atoms with van der Waals surface area (Å²) in [4.78, 5) is 24.2. The molecule has 1 amide bonds. The normalized spacial score (nSPS) is 11.4. The molecule has 2 rings (SSSR count).